The predicted octanol–water partition coefficient (Wildman–Crippen LogP) is 1.98. The average molecular weight is 377 g/mol. The molecule has 2 aromatic heterocycles. The van der Waals surface area contributed by atoms with E-state index in [2.05, 4.69) is 51.6 Å². The standard InChI is InChI=1S/C21H23N5O2/c1-25-10-14(21(28)24-19-9-22-5-6-23-19)7-16-15-3-2-4-17-20(15)13(8-18(16)25)11-26(17)12-27/h2-6,9,11,14,16,18,27H,7-8,10,12H2,1H3,(H,23,24,28)/t14?,16-,18-/m1/s1. The number of aromatic nitrogens is 3. The summed E-state index contributed by atoms with van der Waals surface area (Å²) in [5.41, 5.74) is 3.65. The molecule has 1 saturated heterocycles. The summed E-state index contributed by atoms with van der Waals surface area (Å²) in [5, 5.41) is 13.9. The first kappa shape index (κ1) is 17.3. The fourth-order valence-corrected chi connectivity index (χ4v) is 5.02. The summed E-state index contributed by atoms with van der Waals surface area (Å²) >= 11 is 0. The zero-order valence-electron chi connectivity index (χ0n) is 15.7. The molecular formula is C21H23N5O2. The van der Waals surface area contributed by atoms with Crippen molar-refractivity contribution in [2.45, 2.75) is 31.5 Å². The van der Waals surface area contributed by atoms with Crippen LogP contribution >= 0.6 is 0 Å². The Morgan fingerprint density at radius 1 is 1.36 bits per heavy atom. The van der Waals surface area contributed by atoms with Crippen molar-refractivity contribution in [3.05, 3.63) is 54.1 Å². The number of rotatable bonds is 3. The molecule has 0 radical (unpaired) electrons. The van der Waals surface area contributed by atoms with Gasteiger partial charge in [-0.15, -0.1) is 0 Å². The van der Waals surface area contributed by atoms with Gasteiger partial charge in [0, 0.05) is 42.5 Å². The summed E-state index contributed by atoms with van der Waals surface area (Å²) in [6, 6.07) is 6.66. The van der Waals surface area contributed by atoms with Gasteiger partial charge in [0.15, 0.2) is 5.82 Å². The maximum absolute atomic E-state index is 12.9. The molecular weight excluding hydrogens is 354 g/mol. The summed E-state index contributed by atoms with van der Waals surface area (Å²) in [5.74, 6) is 0.675. The molecule has 144 valence electrons. The molecule has 2 N–H and O–H groups in total. The number of anilines is 1. The molecule has 28 heavy (non-hydrogen) atoms. The SMILES string of the molecule is CN1CC(C(=O)Nc2cnccn2)C[C@@H]2c3cccc4c3c(cn4CO)C[C@H]21. The normalized spacial score (nSPS) is 24.1. The number of hydrogen-bond donors (Lipinski definition) is 2. The van der Waals surface area contributed by atoms with Crippen molar-refractivity contribution in [3.8, 4) is 0 Å². The van der Waals surface area contributed by atoms with E-state index < -0.39 is 0 Å². The van der Waals surface area contributed by atoms with Crippen LogP contribution in [0.2, 0.25) is 0 Å². The molecule has 3 aromatic rings. The highest BCUT2D eigenvalue weighted by atomic mass is 16.3. The number of nitrogens with one attached hydrogen (secondary N) is 1. The largest absolute Gasteiger partial charge is 0.376 e. The van der Waals surface area contributed by atoms with Gasteiger partial charge in [0.25, 0.3) is 0 Å². The number of aliphatic hydroxyl groups excluding tert-OH is 1. The molecule has 0 spiro atoms. The fourth-order valence-electron chi connectivity index (χ4n) is 5.02. The summed E-state index contributed by atoms with van der Waals surface area (Å²) in [4.78, 5) is 23.4. The number of fused-ring (bicyclic) bond motifs is 2. The Labute approximate surface area is 163 Å². The molecule has 1 aromatic carbocycles. The Morgan fingerprint density at radius 3 is 3.04 bits per heavy atom. The van der Waals surface area contributed by atoms with E-state index in [4.69, 9.17) is 0 Å². The van der Waals surface area contributed by atoms with Crippen LogP contribution in [-0.2, 0) is 17.9 Å². The van der Waals surface area contributed by atoms with Gasteiger partial charge in [-0.1, -0.05) is 12.1 Å². The number of piperidine rings is 1. The highest BCUT2D eigenvalue weighted by Crippen LogP contribution is 2.45. The van der Waals surface area contributed by atoms with Crippen LogP contribution < -0.4 is 5.32 Å². The Hall–Kier alpha value is -2.77. The third-order valence-electron chi connectivity index (χ3n) is 6.26. The Morgan fingerprint density at radius 2 is 2.25 bits per heavy atom. The van der Waals surface area contributed by atoms with Crippen LogP contribution in [0.25, 0.3) is 10.9 Å². The lowest BCUT2D eigenvalue weighted by Crippen LogP contribution is -2.50. The number of nitrogens with zero attached hydrogens (tertiary/aromatic N) is 4. The highest BCUT2D eigenvalue weighted by molar-refractivity contribution is 5.92. The third kappa shape index (κ3) is 2.70. The molecule has 0 saturated carbocycles. The van der Waals surface area contributed by atoms with Gasteiger partial charge in [0.05, 0.1) is 17.6 Å². The summed E-state index contributed by atoms with van der Waals surface area (Å²) in [7, 11) is 2.10. The zero-order valence-corrected chi connectivity index (χ0v) is 15.7. The Bertz CT molecular complexity index is 1030. The van der Waals surface area contributed by atoms with Gasteiger partial charge < -0.3 is 19.9 Å². The second-order valence-electron chi connectivity index (χ2n) is 7.84. The van der Waals surface area contributed by atoms with Gasteiger partial charge in [-0.05, 0) is 37.1 Å². The predicted molar refractivity (Wildman–Crippen MR) is 106 cm³/mol. The topological polar surface area (TPSA) is 83.3 Å². The average Bonchev–Trinajstić information content (AvgIpc) is 3.08. The smallest absolute Gasteiger partial charge is 0.229 e. The molecule has 1 unspecified atom stereocenters. The van der Waals surface area contributed by atoms with Crippen LogP contribution in [0.3, 0.4) is 0 Å². The molecule has 1 aliphatic heterocycles. The third-order valence-corrected chi connectivity index (χ3v) is 6.26. The molecule has 3 heterocycles. The summed E-state index contributed by atoms with van der Waals surface area (Å²) < 4.78 is 1.91. The molecule has 3 atom stereocenters. The molecule has 7 heteroatoms. The first-order valence-corrected chi connectivity index (χ1v) is 9.64. The van der Waals surface area contributed by atoms with Crippen molar-refractivity contribution in [1.82, 2.24) is 19.4 Å². The van der Waals surface area contributed by atoms with Crippen LogP contribution in [0.4, 0.5) is 5.82 Å². The zero-order chi connectivity index (χ0) is 19.3. The van der Waals surface area contributed by atoms with Crippen molar-refractivity contribution in [1.29, 1.82) is 0 Å². The molecule has 5 rings (SSSR count). The van der Waals surface area contributed by atoms with Gasteiger partial charge >= 0.3 is 0 Å². The number of carbonyl (C=O) groups excluding carboxylic acids is 1. The lowest BCUT2D eigenvalue weighted by Gasteiger charge is -2.45. The van der Waals surface area contributed by atoms with E-state index in [9.17, 15) is 9.90 Å². The minimum Gasteiger partial charge on any atom is -0.376 e. The second kappa shape index (κ2) is 6.68. The maximum Gasteiger partial charge on any atom is 0.229 e. The minimum absolute atomic E-state index is 0.00306. The summed E-state index contributed by atoms with van der Waals surface area (Å²) in [6.07, 6.45) is 8.56. The first-order valence-electron chi connectivity index (χ1n) is 9.64. The van der Waals surface area contributed by atoms with Gasteiger partial charge in [0.2, 0.25) is 5.91 Å². The first-order chi connectivity index (χ1) is 13.7. The van der Waals surface area contributed by atoms with E-state index in [0.29, 0.717) is 17.8 Å². The van der Waals surface area contributed by atoms with E-state index in [1.54, 1.807) is 18.6 Å². The molecule has 1 amide bonds. The molecule has 7 nitrogen and oxygen atoms in total. The lowest BCUT2D eigenvalue weighted by atomic mass is 9.72. The van der Waals surface area contributed by atoms with E-state index in [1.165, 1.54) is 16.5 Å². The van der Waals surface area contributed by atoms with Crippen molar-refractivity contribution in [2.75, 3.05) is 18.9 Å². The van der Waals surface area contributed by atoms with Crippen molar-refractivity contribution < 1.29 is 9.90 Å². The molecule has 1 fully saturated rings. The van der Waals surface area contributed by atoms with E-state index >= 15 is 0 Å². The van der Waals surface area contributed by atoms with Crippen molar-refractivity contribution >= 4 is 22.6 Å². The van der Waals surface area contributed by atoms with Gasteiger partial charge in [-0.2, -0.15) is 0 Å². The maximum atomic E-state index is 12.9. The van der Waals surface area contributed by atoms with Gasteiger partial charge in [-0.25, -0.2) is 4.98 Å². The highest BCUT2D eigenvalue weighted by Gasteiger charge is 2.41. The summed E-state index contributed by atoms with van der Waals surface area (Å²) in [6.45, 7) is 0.702. The number of likely N-dealkylation sites (N-methyl/N-ethyl adjacent to an activating group) is 1. The lowest BCUT2D eigenvalue weighted by molar-refractivity contribution is -0.122. The van der Waals surface area contributed by atoms with Crippen LogP contribution in [-0.4, -0.2) is 50.1 Å². The van der Waals surface area contributed by atoms with E-state index in [0.717, 1.165) is 24.9 Å². The van der Waals surface area contributed by atoms with Crippen LogP contribution in [0.5, 0.6) is 0 Å². The van der Waals surface area contributed by atoms with Crippen LogP contribution in [0.15, 0.2) is 43.0 Å². The minimum atomic E-state index is -0.106. The molecule has 0 bridgehead atoms. The quantitative estimate of drug-likeness (QED) is 0.729. The number of hydrogen-bond acceptors (Lipinski definition) is 5. The number of likely N-dealkylation sites (tertiary alicyclic amines) is 1. The number of carbonyl (C=O) groups is 1. The number of benzene rings is 1. The van der Waals surface area contributed by atoms with Crippen LogP contribution in [0.1, 0.15) is 23.5 Å². The van der Waals surface area contributed by atoms with Gasteiger partial charge in [0.1, 0.15) is 6.73 Å². The monoisotopic (exact) mass is 377 g/mol. The van der Waals surface area contributed by atoms with Crippen molar-refractivity contribution in [3.63, 3.8) is 0 Å². The van der Waals surface area contributed by atoms with E-state index in [-0.39, 0.29) is 18.6 Å². The molecule has 2 aliphatic rings. The number of amides is 1. The fraction of sp³-hybridized carbons (Fsp3) is 0.381. The van der Waals surface area contributed by atoms with Crippen LogP contribution in [0, 0.1) is 5.92 Å². The molecule has 1 aliphatic carbocycles. The van der Waals surface area contributed by atoms with Gasteiger partial charge in [-0.3, -0.25) is 9.78 Å². The van der Waals surface area contributed by atoms with E-state index in [1.807, 2.05) is 4.57 Å². The Balaban J connectivity index is 1.47. The Kier molecular flexibility index (Phi) is 4.14. The second-order valence-corrected chi connectivity index (χ2v) is 7.84. The number of aliphatic hydroxyl groups is 1. The van der Waals surface area contributed by atoms with Crippen molar-refractivity contribution in [2.24, 2.45) is 5.92 Å².